The molecule has 1 saturated carbocycles. The predicted octanol–water partition coefficient (Wildman–Crippen LogP) is 1.85. The summed E-state index contributed by atoms with van der Waals surface area (Å²) in [5.74, 6) is 0. The molecule has 2 N–H and O–H groups in total. The van der Waals surface area contributed by atoms with Crippen molar-refractivity contribution < 1.29 is 13.5 Å². The van der Waals surface area contributed by atoms with Crippen LogP contribution in [0.3, 0.4) is 0 Å². The third-order valence-corrected chi connectivity index (χ3v) is 6.07. The van der Waals surface area contributed by atoms with Crippen molar-refractivity contribution in [3.05, 3.63) is 22.7 Å². The number of halogens is 1. The zero-order chi connectivity index (χ0) is 15.0. The summed E-state index contributed by atoms with van der Waals surface area (Å²) in [5, 5.41) is 9.50. The average molecular weight is 375 g/mol. The minimum atomic E-state index is -3.51. The number of nitrogens with zero attached hydrogens (tertiary/aromatic N) is 1. The summed E-state index contributed by atoms with van der Waals surface area (Å²) in [6.07, 6.45) is 3.67. The largest absolute Gasteiger partial charge is 0.394 e. The van der Waals surface area contributed by atoms with E-state index in [1.165, 1.54) is 0 Å². The lowest BCUT2D eigenvalue weighted by atomic mass is 10.2. The molecule has 5 nitrogen and oxygen atoms in total. The van der Waals surface area contributed by atoms with Gasteiger partial charge in [0.2, 0.25) is 10.0 Å². The average Bonchev–Trinajstić information content (AvgIpc) is 3.10. The van der Waals surface area contributed by atoms with Crippen LogP contribution in [-0.2, 0) is 10.0 Å². The van der Waals surface area contributed by atoms with Crippen LogP contribution in [0.15, 0.2) is 27.6 Å². The second-order valence-electron chi connectivity index (χ2n) is 5.68. The van der Waals surface area contributed by atoms with Crippen molar-refractivity contribution in [1.29, 1.82) is 0 Å². The van der Waals surface area contributed by atoms with Gasteiger partial charge in [-0.2, -0.15) is 0 Å². The number of rotatable bonds is 5. The van der Waals surface area contributed by atoms with Gasteiger partial charge in [0.05, 0.1) is 18.3 Å². The molecule has 0 aromatic heterocycles. The summed E-state index contributed by atoms with van der Waals surface area (Å²) >= 11 is 3.41. The number of hydrogen-bond acceptors (Lipinski definition) is 4. The number of aliphatic hydroxyl groups excluding tert-OH is 1. The highest BCUT2D eigenvalue weighted by Gasteiger charge is 2.33. The monoisotopic (exact) mass is 374 g/mol. The van der Waals surface area contributed by atoms with Gasteiger partial charge >= 0.3 is 0 Å². The second-order valence-corrected chi connectivity index (χ2v) is 8.28. The first-order valence-electron chi connectivity index (χ1n) is 7.20. The molecule has 21 heavy (non-hydrogen) atoms. The standard InChI is InChI=1S/C14H19BrN2O3S/c15-10-3-6-14(21(19,20)16-11-4-5-11)13(8-10)17-7-1-2-12(17)9-18/h3,6,8,11-12,16,18H,1-2,4-5,7,9H2/t12-/m0/s1. The minimum Gasteiger partial charge on any atom is -0.394 e. The number of hydrogen-bond donors (Lipinski definition) is 2. The number of aliphatic hydroxyl groups is 1. The minimum absolute atomic E-state index is 0.00539. The Kier molecular flexibility index (Phi) is 4.27. The first-order valence-corrected chi connectivity index (χ1v) is 9.48. The molecule has 7 heteroatoms. The fourth-order valence-electron chi connectivity index (χ4n) is 2.77. The van der Waals surface area contributed by atoms with Crippen molar-refractivity contribution in [1.82, 2.24) is 4.72 Å². The lowest BCUT2D eigenvalue weighted by molar-refractivity contribution is 0.266. The zero-order valence-electron chi connectivity index (χ0n) is 11.6. The highest BCUT2D eigenvalue weighted by atomic mass is 79.9. The van der Waals surface area contributed by atoms with Gasteiger partial charge in [-0.25, -0.2) is 13.1 Å². The Hall–Kier alpha value is -0.630. The Morgan fingerprint density at radius 2 is 2.10 bits per heavy atom. The van der Waals surface area contributed by atoms with Crippen LogP contribution >= 0.6 is 15.9 Å². The molecule has 1 aliphatic carbocycles. The van der Waals surface area contributed by atoms with Crippen LogP contribution in [-0.4, -0.2) is 38.8 Å². The molecule has 116 valence electrons. The quantitative estimate of drug-likeness (QED) is 0.824. The van der Waals surface area contributed by atoms with Crippen LogP contribution in [0.5, 0.6) is 0 Å². The SMILES string of the molecule is O=S(=O)(NC1CC1)c1ccc(Br)cc1N1CCC[C@H]1CO. The Morgan fingerprint density at radius 3 is 2.76 bits per heavy atom. The molecule has 3 rings (SSSR count). The smallest absolute Gasteiger partial charge is 0.242 e. The van der Waals surface area contributed by atoms with E-state index >= 15 is 0 Å². The Balaban J connectivity index is 2.00. The van der Waals surface area contributed by atoms with E-state index in [1.54, 1.807) is 12.1 Å². The van der Waals surface area contributed by atoms with E-state index in [1.807, 2.05) is 11.0 Å². The molecule has 1 atom stereocenters. The summed E-state index contributed by atoms with van der Waals surface area (Å²) in [5.41, 5.74) is 0.675. The van der Waals surface area contributed by atoms with Gasteiger partial charge in [0.25, 0.3) is 0 Å². The lowest BCUT2D eigenvalue weighted by Gasteiger charge is -2.27. The maximum atomic E-state index is 12.6. The van der Waals surface area contributed by atoms with Crippen LogP contribution in [0.2, 0.25) is 0 Å². The van der Waals surface area contributed by atoms with Crippen molar-refractivity contribution in [2.24, 2.45) is 0 Å². The Bertz CT molecular complexity index is 631. The van der Waals surface area contributed by atoms with Crippen molar-refractivity contribution in [3.63, 3.8) is 0 Å². The van der Waals surface area contributed by atoms with Crippen LogP contribution in [0.25, 0.3) is 0 Å². The third kappa shape index (κ3) is 3.26. The van der Waals surface area contributed by atoms with Crippen LogP contribution in [0.1, 0.15) is 25.7 Å². The second kappa shape index (κ2) is 5.87. The molecule has 0 amide bonds. The van der Waals surface area contributed by atoms with Gasteiger partial charge in [-0.3, -0.25) is 0 Å². The molecule has 1 saturated heterocycles. The van der Waals surface area contributed by atoms with E-state index in [0.29, 0.717) is 10.6 Å². The Labute approximate surface area is 133 Å². The van der Waals surface area contributed by atoms with Gasteiger partial charge in [-0.1, -0.05) is 15.9 Å². The van der Waals surface area contributed by atoms with Crippen molar-refractivity contribution in [2.45, 2.75) is 42.7 Å². The van der Waals surface area contributed by atoms with Gasteiger partial charge in [-0.15, -0.1) is 0 Å². The highest BCUT2D eigenvalue weighted by Crippen LogP contribution is 2.34. The van der Waals surface area contributed by atoms with E-state index in [0.717, 1.165) is 36.7 Å². The van der Waals surface area contributed by atoms with E-state index in [4.69, 9.17) is 0 Å². The molecule has 1 heterocycles. The van der Waals surface area contributed by atoms with Gasteiger partial charge in [0, 0.05) is 17.1 Å². The van der Waals surface area contributed by atoms with Crippen molar-refractivity contribution >= 4 is 31.6 Å². The topological polar surface area (TPSA) is 69.6 Å². The van der Waals surface area contributed by atoms with Crippen LogP contribution in [0.4, 0.5) is 5.69 Å². The zero-order valence-corrected chi connectivity index (χ0v) is 14.0. The molecule has 0 unspecified atom stereocenters. The van der Waals surface area contributed by atoms with Gasteiger partial charge < -0.3 is 10.0 Å². The number of nitrogens with one attached hydrogen (secondary N) is 1. The molecule has 1 aromatic carbocycles. The van der Waals surface area contributed by atoms with E-state index in [-0.39, 0.29) is 18.7 Å². The summed E-state index contributed by atoms with van der Waals surface area (Å²) < 4.78 is 28.7. The summed E-state index contributed by atoms with van der Waals surface area (Å²) in [6, 6.07) is 5.29. The highest BCUT2D eigenvalue weighted by molar-refractivity contribution is 9.10. The molecule has 1 aliphatic heterocycles. The first-order chi connectivity index (χ1) is 10.0. The van der Waals surface area contributed by atoms with E-state index in [9.17, 15) is 13.5 Å². The summed E-state index contributed by atoms with van der Waals surface area (Å²) in [7, 11) is -3.51. The molecular formula is C14H19BrN2O3S. The fraction of sp³-hybridized carbons (Fsp3) is 0.571. The lowest BCUT2D eigenvalue weighted by Crippen LogP contribution is -2.34. The van der Waals surface area contributed by atoms with Crippen molar-refractivity contribution in [3.8, 4) is 0 Å². The molecule has 2 aliphatic rings. The molecular weight excluding hydrogens is 356 g/mol. The summed E-state index contributed by atoms with van der Waals surface area (Å²) in [4.78, 5) is 2.31. The number of benzene rings is 1. The molecule has 1 aromatic rings. The number of anilines is 1. The normalized spacial score (nSPS) is 22.8. The number of sulfonamides is 1. The fourth-order valence-corrected chi connectivity index (χ4v) is 4.62. The van der Waals surface area contributed by atoms with E-state index in [2.05, 4.69) is 20.7 Å². The molecule has 0 radical (unpaired) electrons. The first kappa shape index (κ1) is 15.3. The summed E-state index contributed by atoms with van der Waals surface area (Å²) in [6.45, 7) is 0.815. The maximum Gasteiger partial charge on any atom is 0.242 e. The van der Waals surface area contributed by atoms with E-state index < -0.39 is 10.0 Å². The van der Waals surface area contributed by atoms with Crippen molar-refractivity contribution in [2.75, 3.05) is 18.1 Å². The van der Waals surface area contributed by atoms with Gasteiger partial charge in [0.1, 0.15) is 4.90 Å². The molecule has 2 fully saturated rings. The van der Waals surface area contributed by atoms with Gasteiger partial charge in [-0.05, 0) is 43.9 Å². The Morgan fingerprint density at radius 1 is 1.33 bits per heavy atom. The molecule has 0 bridgehead atoms. The predicted molar refractivity (Wildman–Crippen MR) is 84.9 cm³/mol. The van der Waals surface area contributed by atoms with Gasteiger partial charge in [0.15, 0.2) is 0 Å². The van der Waals surface area contributed by atoms with Crippen LogP contribution in [0, 0.1) is 0 Å². The molecule has 0 spiro atoms. The maximum absolute atomic E-state index is 12.6. The third-order valence-electron chi connectivity index (χ3n) is 4.01. The van der Waals surface area contributed by atoms with Crippen LogP contribution < -0.4 is 9.62 Å².